The van der Waals surface area contributed by atoms with Crippen molar-refractivity contribution in [3.8, 4) is 11.8 Å². The summed E-state index contributed by atoms with van der Waals surface area (Å²) in [5.41, 5.74) is 1.91. The average Bonchev–Trinajstić information content (AvgIpc) is 2.46. The second-order valence-corrected chi connectivity index (χ2v) is 4.19. The third kappa shape index (κ3) is 5.92. The highest BCUT2D eigenvalue weighted by Crippen LogP contribution is 2.17. The summed E-state index contributed by atoms with van der Waals surface area (Å²) in [5.74, 6) is 5.92. The van der Waals surface area contributed by atoms with Gasteiger partial charge in [0.15, 0.2) is 0 Å². The van der Waals surface area contributed by atoms with E-state index in [0.717, 1.165) is 30.4 Å². The first kappa shape index (κ1) is 15.0. The summed E-state index contributed by atoms with van der Waals surface area (Å²) < 4.78 is 4.68. The minimum Gasteiger partial charge on any atom is -0.466 e. The molecule has 0 aliphatic carbocycles. The number of hydrogen-bond donors (Lipinski definition) is 0. The van der Waals surface area contributed by atoms with E-state index in [1.165, 1.54) is 13.2 Å². The van der Waals surface area contributed by atoms with Gasteiger partial charge in [0.05, 0.1) is 7.11 Å². The number of unbranched alkanes of at least 4 members (excludes halogenated alkanes) is 2. The van der Waals surface area contributed by atoms with Crippen LogP contribution in [0.1, 0.15) is 38.2 Å². The zero-order chi connectivity index (χ0) is 13.9. The molecule has 0 aliphatic heterocycles. The summed E-state index contributed by atoms with van der Waals surface area (Å²) in [5, 5.41) is 0. The molecule has 0 atom stereocenters. The van der Waals surface area contributed by atoms with Gasteiger partial charge in [-0.25, -0.2) is 4.79 Å². The van der Waals surface area contributed by atoms with Gasteiger partial charge in [-0.15, -0.1) is 5.92 Å². The van der Waals surface area contributed by atoms with E-state index >= 15 is 0 Å². The number of ether oxygens (including phenoxy) is 1. The minimum absolute atomic E-state index is 0.339. The molecule has 0 saturated heterocycles. The Morgan fingerprint density at radius 3 is 2.63 bits per heavy atom. The van der Waals surface area contributed by atoms with Crippen molar-refractivity contribution in [3.63, 3.8) is 0 Å². The largest absolute Gasteiger partial charge is 0.466 e. The molecule has 0 spiro atoms. The fraction of sp³-hybridized carbons (Fsp3) is 0.353. The van der Waals surface area contributed by atoms with Crippen LogP contribution < -0.4 is 0 Å². The van der Waals surface area contributed by atoms with E-state index in [1.54, 1.807) is 0 Å². The molecule has 1 aromatic carbocycles. The Bertz CT molecular complexity index is 475. The normalized spacial score (nSPS) is 10.5. The molecule has 0 unspecified atom stereocenters. The van der Waals surface area contributed by atoms with Crippen LogP contribution in [0.25, 0.3) is 5.57 Å². The Balaban J connectivity index is 2.79. The second-order valence-electron chi connectivity index (χ2n) is 4.19. The Hall–Kier alpha value is -2.01. The van der Waals surface area contributed by atoms with Crippen LogP contribution in [0, 0.1) is 11.8 Å². The van der Waals surface area contributed by atoms with Gasteiger partial charge >= 0.3 is 5.97 Å². The molecule has 2 nitrogen and oxygen atoms in total. The molecule has 0 aromatic heterocycles. The SMILES string of the molecule is CCCCC#CC/C(=C\C(=O)OC)c1ccccc1. The molecule has 0 bridgehead atoms. The lowest BCUT2D eigenvalue weighted by molar-refractivity contribution is -0.134. The summed E-state index contributed by atoms with van der Waals surface area (Å²) >= 11 is 0. The molecular formula is C17H20O2. The van der Waals surface area contributed by atoms with Crippen molar-refractivity contribution in [1.82, 2.24) is 0 Å². The molecule has 100 valence electrons. The highest BCUT2D eigenvalue weighted by molar-refractivity contribution is 5.91. The average molecular weight is 256 g/mol. The number of carbonyl (C=O) groups excluding carboxylic acids is 1. The molecule has 0 heterocycles. The fourth-order valence-corrected chi connectivity index (χ4v) is 1.60. The molecule has 0 fully saturated rings. The summed E-state index contributed by atoms with van der Waals surface area (Å²) in [6.45, 7) is 2.15. The van der Waals surface area contributed by atoms with Crippen LogP contribution in [-0.4, -0.2) is 13.1 Å². The Kier molecular flexibility index (Phi) is 7.12. The van der Waals surface area contributed by atoms with Crippen LogP contribution in [0.3, 0.4) is 0 Å². The Labute approximate surface area is 115 Å². The van der Waals surface area contributed by atoms with Gasteiger partial charge in [0.1, 0.15) is 0 Å². The topological polar surface area (TPSA) is 26.3 Å². The number of allylic oxidation sites excluding steroid dienone is 1. The predicted molar refractivity (Wildman–Crippen MR) is 78.4 cm³/mol. The maximum absolute atomic E-state index is 11.4. The quantitative estimate of drug-likeness (QED) is 0.346. The van der Waals surface area contributed by atoms with Crippen LogP contribution in [0.15, 0.2) is 36.4 Å². The van der Waals surface area contributed by atoms with Gasteiger partial charge in [0.25, 0.3) is 0 Å². The molecule has 0 amide bonds. The number of carbonyl (C=O) groups is 1. The minimum atomic E-state index is -0.339. The molecule has 0 N–H and O–H groups in total. The second kappa shape index (κ2) is 8.99. The van der Waals surface area contributed by atoms with E-state index in [0.29, 0.717) is 6.42 Å². The Morgan fingerprint density at radius 1 is 1.26 bits per heavy atom. The highest BCUT2D eigenvalue weighted by Gasteiger charge is 2.03. The lowest BCUT2D eigenvalue weighted by atomic mass is 10.0. The van der Waals surface area contributed by atoms with Crippen molar-refractivity contribution in [2.24, 2.45) is 0 Å². The maximum atomic E-state index is 11.4. The van der Waals surface area contributed by atoms with Crippen molar-refractivity contribution < 1.29 is 9.53 Å². The number of benzene rings is 1. The first-order valence-corrected chi connectivity index (χ1v) is 6.57. The molecule has 0 saturated carbocycles. The van der Waals surface area contributed by atoms with E-state index in [1.807, 2.05) is 30.3 Å². The first-order valence-electron chi connectivity index (χ1n) is 6.57. The zero-order valence-corrected chi connectivity index (χ0v) is 11.6. The van der Waals surface area contributed by atoms with Crippen molar-refractivity contribution >= 4 is 11.5 Å². The molecule has 2 heteroatoms. The number of hydrogen-bond acceptors (Lipinski definition) is 2. The maximum Gasteiger partial charge on any atom is 0.330 e. The molecule has 1 aromatic rings. The lowest BCUT2D eigenvalue weighted by Gasteiger charge is -2.03. The van der Waals surface area contributed by atoms with Crippen LogP contribution in [-0.2, 0) is 9.53 Å². The van der Waals surface area contributed by atoms with Crippen LogP contribution in [0.2, 0.25) is 0 Å². The first-order chi connectivity index (χ1) is 9.27. The Morgan fingerprint density at radius 2 is 2.00 bits per heavy atom. The molecule has 19 heavy (non-hydrogen) atoms. The molecular weight excluding hydrogens is 236 g/mol. The lowest BCUT2D eigenvalue weighted by Crippen LogP contribution is -1.97. The van der Waals surface area contributed by atoms with E-state index < -0.39 is 0 Å². The van der Waals surface area contributed by atoms with Crippen LogP contribution in [0.4, 0.5) is 0 Å². The van der Waals surface area contributed by atoms with Crippen molar-refractivity contribution in [1.29, 1.82) is 0 Å². The van der Waals surface area contributed by atoms with Gasteiger partial charge in [-0.2, -0.15) is 0 Å². The number of esters is 1. The van der Waals surface area contributed by atoms with Crippen molar-refractivity contribution in [3.05, 3.63) is 42.0 Å². The van der Waals surface area contributed by atoms with Gasteiger partial charge in [-0.3, -0.25) is 0 Å². The van der Waals surface area contributed by atoms with Gasteiger partial charge < -0.3 is 4.74 Å². The van der Waals surface area contributed by atoms with Crippen molar-refractivity contribution in [2.75, 3.05) is 7.11 Å². The van der Waals surface area contributed by atoms with E-state index in [9.17, 15) is 4.79 Å². The highest BCUT2D eigenvalue weighted by atomic mass is 16.5. The monoisotopic (exact) mass is 256 g/mol. The van der Waals surface area contributed by atoms with E-state index in [4.69, 9.17) is 0 Å². The van der Waals surface area contributed by atoms with E-state index in [2.05, 4.69) is 23.5 Å². The summed E-state index contributed by atoms with van der Waals surface area (Å²) in [4.78, 5) is 11.4. The zero-order valence-electron chi connectivity index (χ0n) is 11.6. The fourth-order valence-electron chi connectivity index (χ4n) is 1.60. The van der Waals surface area contributed by atoms with Crippen LogP contribution >= 0.6 is 0 Å². The molecule has 0 aliphatic rings. The smallest absolute Gasteiger partial charge is 0.330 e. The third-order valence-corrected chi connectivity index (χ3v) is 2.70. The van der Waals surface area contributed by atoms with Gasteiger partial charge in [-0.1, -0.05) is 49.6 Å². The van der Waals surface area contributed by atoms with Gasteiger partial charge in [0.2, 0.25) is 0 Å². The summed E-state index contributed by atoms with van der Waals surface area (Å²) in [6, 6.07) is 9.80. The summed E-state index contributed by atoms with van der Waals surface area (Å²) in [7, 11) is 1.38. The molecule has 1 rings (SSSR count). The van der Waals surface area contributed by atoms with Crippen LogP contribution in [0.5, 0.6) is 0 Å². The number of methoxy groups -OCH3 is 1. The predicted octanol–water partition coefficient (Wildman–Crippen LogP) is 3.83. The number of rotatable bonds is 5. The molecule has 0 radical (unpaired) electrons. The van der Waals surface area contributed by atoms with Crippen molar-refractivity contribution in [2.45, 2.75) is 32.6 Å². The third-order valence-electron chi connectivity index (χ3n) is 2.70. The van der Waals surface area contributed by atoms with E-state index in [-0.39, 0.29) is 5.97 Å². The van der Waals surface area contributed by atoms with Gasteiger partial charge in [-0.05, 0) is 17.6 Å². The summed E-state index contributed by atoms with van der Waals surface area (Å²) in [6.07, 6.45) is 5.27. The standard InChI is InChI=1S/C17H20O2/c1-3-4-5-6-8-13-16(14-17(18)19-2)15-11-9-7-10-12-15/h7,9-12,14H,3-5,13H2,1-2H3/b16-14+. The van der Waals surface area contributed by atoms with Gasteiger partial charge in [0, 0.05) is 18.9 Å².